The van der Waals surface area contributed by atoms with Crippen LogP contribution in [-0.4, -0.2) is 15.5 Å². The van der Waals surface area contributed by atoms with Crippen molar-refractivity contribution < 1.29 is 4.79 Å². The molecule has 0 bridgehead atoms. The molecule has 1 amide bonds. The number of nitrogens with one attached hydrogen (secondary N) is 1. The summed E-state index contributed by atoms with van der Waals surface area (Å²) in [7, 11) is 0. The van der Waals surface area contributed by atoms with Crippen LogP contribution in [0.1, 0.15) is 31.9 Å². The minimum absolute atomic E-state index is 0.0694. The van der Waals surface area contributed by atoms with Crippen molar-refractivity contribution in [3.8, 4) is 11.4 Å². The van der Waals surface area contributed by atoms with Crippen LogP contribution in [0, 0.1) is 6.92 Å². The van der Waals surface area contributed by atoms with Gasteiger partial charge in [-0.05, 0) is 41.7 Å². The van der Waals surface area contributed by atoms with Gasteiger partial charge in [-0.1, -0.05) is 75.4 Å². The number of benzene rings is 3. The van der Waals surface area contributed by atoms with Gasteiger partial charge in [0.2, 0.25) is 5.91 Å². The molecule has 0 unspecified atom stereocenters. The number of hydrogen-bond donors (Lipinski definition) is 1. The maximum absolute atomic E-state index is 12.9. The molecule has 0 aliphatic rings. The third-order valence-electron chi connectivity index (χ3n) is 5.38. The Balaban J connectivity index is 1.70. The van der Waals surface area contributed by atoms with E-state index in [4.69, 9.17) is 4.98 Å². The second-order valence-electron chi connectivity index (χ2n) is 8.70. The molecule has 0 fully saturated rings. The number of carbonyl (C=O) groups excluding carboxylic acids is 1. The van der Waals surface area contributed by atoms with E-state index in [1.807, 2.05) is 60.0 Å². The highest BCUT2D eigenvalue weighted by molar-refractivity contribution is 5.93. The molecule has 1 heterocycles. The molecule has 152 valence electrons. The summed E-state index contributed by atoms with van der Waals surface area (Å²) in [5.74, 6) is 0.733. The Labute approximate surface area is 177 Å². The number of imidazole rings is 1. The van der Waals surface area contributed by atoms with Crippen LogP contribution in [0.15, 0.2) is 72.8 Å². The number of carbonyl (C=O) groups is 1. The van der Waals surface area contributed by atoms with Gasteiger partial charge < -0.3 is 9.88 Å². The van der Waals surface area contributed by atoms with Crippen molar-refractivity contribution >= 4 is 22.6 Å². The van der Waals surface area contributed by atoms with E-state index in [0.29, 0.717) is 0 Å². The predicted molar refractivity (Wildman–Crippen MR) is 124 cm³/mol. The first-order valence-electron chi connectivity index (χ1n) is 10.2. The molecule has 0 aliphatic carbocycles. The van der Waals surface area contributed by atoms with Gasteiger partial charge in [0.25, 0.3) is 0 Å². The largest absolute Gasteiger partial charge is 0.324 e. The van der Waals surface area contributed by atoms with E-state index < -0.39 is 0 Å². The van der Waals surface area contributed by atoms with Crippen LogP contribution >= 0.6 is 0 Å². The number of nitrogens with zero attached hydrogens (tertiary/aromatic N) is 2. The molecule has 4 aromatic rings. The highest BCUT2D eigenvalue weighted by Gasteiger charge is 2.17. The average molecular weight is 398 g/mol. The van der Waals surface area contributed by atoms with Gasteiger partial charge in [0, 0.05) is 11.3 Å². The fourth-order valence-corrected chi connectivity index (χ4v) is 3.62. The third-order valence-corrected chi connectivity index (χ3v) is 5.38. The number of rotatable bonds is 4. The molecule has 0 radical (unpaired) electrons. The maximum atomic E-state index is 12.9. The van der Waals surface area contributed by atoms with E-state index in [9.17, 15) is 4.79 Å². The smallest absolute Gasteiger partial charge is 0.244 e. The van der Waals surface area contributed by atoms with Crippen molar-refractivity contribution in [1.29, 1.82) is 0 Å². The standard InChI is InChI=1S/C26H27N3O/c1-18-9-5-6-10-21(18)27-24(30)17-29-23-12-8-7-11-22(23)28-25(29)19-13-15-20(16-14-19)26(2,3)4/h5-16H,17H2,1-4H3,(H,27,30). The van der Waals surface area contributed by atoms with Crippen molar-refractivity contribution in [3.05, 3.63) is 83.9 Å². The van der Waals surface area contributed by atoms with Crippen molar-refractivity contribution in [2.45, 2.75) is 39.7 Å². The van der Waals surface area contributed by atoms with Crippen LogP contribution in [-0.2, 0) is 16.8 Å². The summed E-state index contributed by atoms with van der Waals surface area (Å²) in [6.45, 7) is 8.79. The zero-order valence-electron chi connectivity index (χ0n) is 17.9. The molecule has 3 aromatic carbocycles. The van der Waals surface area contributed by atoms with Gasteiger partial charge in [0.05, 0.1) is 11.0 Å². The Morgan fingerprint density at radius 3 is 2.30 bits per heavy atom. The Morgan fingerprint density at radius 1 is 0.933 bits per heavy atom. The predicted octanol–water partition coefficient (Wildman–Crippen LogP) is 5.95. The average Bonchev–Trinajstić information content (AvgIpc) is 3.08. The molecule has 1 N–H and O–H groups in total. The van der Waals surface area contributed by atoms with Gasteiger partial charge in [-0.2, -0.15) is 0 Å². The maximum Gasteiger partial charge on any atom is 0.244 e. The second-order valence-corrected chi connectivity index (χ2v) is 8.70. The van der Waals surface area contributed by atoms with Gasteiger partial charge in [0.15, 0.2) is 0 Å². The van der Waals surface area contributed by atoms with E-state index >= 15 is 0 Å². The van der Waals surface area contributed by atoms with E-state index in [1.54, 1.807) is 0 Å². The summed E-state index contributed by atoms with van der Waals surface area (Å²) >= 11 is 0. The molecule has 0 spiro atoms. The van der Waals surface area contributed by atoms with E-state index in [2.05, 4.69) is 50.4 Å². The molecule has 30 heavy (non-hydrogen) atoms. The first kappa shape index (κ1) is 19.9. The Hall–Kier alpha value is -3.40. The fourth-order valence-electron chi connectivity index (χ4n) is 3.62. The van der Waals surface area contributed by atoms with E-state index in [1.165, 1.54) is 5.56 Å². The van der Waals surface area contributed by atoms with Crippen molar-refractivity contribution in [3.63, 3.8) is 0 Å². The van der Waals surface area contributed by atoms with E-state index in [-0.39, 0.29) is 17.9 Å². The van der Waals surface area contributed by atoms with Crippen molar-refractivity contribution in [2.24, 2.45) is 0 Å². The number of fused-ring (bicyclic) bond motifs is 1. The molecule has 0 saturated carbocycles. The summed E-state index contributed by atoms with van der Waals surface area (Å²) < 4.78 is 2.00. The summed E-state index contributed by atoms with van der Waals surface area (Å²) in [5.41, 5.74) is 6.08. The lowest BCUT2D eigenvalue weighted by Gasteiger charge is -2.19. The van der Waals surface area contributed by atoms with Gasteiger partial charge in [0.1, 0.15) is 12.4 Å². The first-order valence-corrected chi connectivity index (χ1v) is 10.2. The quantitative estimate of drug-likeness (QED) is 0.463. The highest BCUT2D eigenvalue weighted by atomic mass is 16.1. The SMILES string of the molecule is Cc1ccccc1NC(=O)Cn1c(-c2ccc(C(C)(C)C)cc2)nc2ccccc21. The van der Waals surface area contributed by atoms with Gasteiger partial charge >= 0.3 is 0 Å². The number of aryl methyl sites for hydroxylation is 1. The first-order chi connectivity index (χ1) is 14.3. The molecule has 1 aromatic heterocycles. The molecule has 0 atom stereocenters. The summed E-state index contributed by atoms with van der Waals surface area (Å²) in [5, 5.41) is 3.03. The lowest BCUT2D eigenvalue weighted by molar-refractivity contribution is -0.116. The normalized spacial score (nSPS) is 11.6. The van der Waals surface area contributed by atoms with Crippen molar-refractivity contribution in [2.75, 3.05) is 5.32 Å². The van der Waals surface area contributed by atoms with Crippen LogP contribution in [0.25, 0.3) is 22.4 Å². The molecule has 4 heteroatoms. The van der Waals surface area contributed by atoms with Crippen LogP contribution in [0.2, 0.25) is 0 Å². The Bertz CT molecular complexity index is 1200. The molecular formula is C26H27N3O. The fraction of sp³-hybridized carbons (Fsp3) is 0.231. The number of para-hydroxylation sites is 3. The zero-order valence-corrected chi connectivity index (χ0v) is 17.9. The zero-order chi connectivity index (χ0) is 21.3. The van der Waals surface area contributed by atoms with E-state index in [0.717, 1.165) is 33.7 Å². The number of hydrogen-bond acceptors (Lipinski definition) is 2. The topological polar surface area (TPSA) is 46.9 Å². The Morgan fingerprint density at radius 2 is 1.60 bits per heavy atom. The minimum Gasteiger partial charge on any atom is -0.324 e. The minimum atomic E-state index is -0.0694. The van der Waals surface area contributed by atoms with Crippen molar-refractivity contribution in [1.82, 2.24) is 9.55 Å². The van der Waals surface area contributed by atoms with Crippen LogP contribution in [0.4, 0.5) is 5.69 Å². The molecule has 4 rings (SSSR count). The number of amides is 1. The lowest BCUT2D eigenvalue weighted by Crippen LogP contribution is -2.19. The number of aromatic nitrogens is 2. The van der Waals surface area contributed by atoms with Gasteiger partial charge in [-0.15, -0.1) is 0 Å². The van der Waals surface area contributed by atoms with Crippen LogP contribution in [0.3, 0.4) is 0 Å². The molecule has 0 aliphatic heterocycles. The molecular weight excluding hydrogens is 370 g/mol. The summed E-state index contributed by atoms with van der Waals surface area (Å²) in [6, 6.07) is 24.2. The van der Waals surface area contributed by atoms with Crippen LogP contribution < -0.4 is 5.32 Å². The summed E-state index contributed by atoms with van der Waals surface area (Å²) in [4.78, 5) is 17.7. The van der Waals surface area contributed by atoms with Gasteiger partial charge in [-0.3, -0.25) is 4.79 Å². The Kier molecular flexibility index (Phi) is 5.17. The second kappa shape index (κ2) is 7.79. The molecule has 4 nitrogen and oxygen atoms in total. The highest BCUT2D eigenvalue weighted by Crippen LogP contribution is 2.28. The van der Waals surface area contributed by atoms with Gasteiger partial charge in [-0.25, -0.2) is 4.98 Å². The lowest BCUT2D eigenvalue weighted by atomic mass is 9.87. The third kappa shape index (κ3) is 3.99. The van der Waals surface area contributed by atoms with Crippen LogP contribution in [0.5, 0.6) is 0 Å². The number of anilines is 1. The monoisotopic (exact) mass is 397 g/mol. The molecule has 0 saturated heterocycles. The summed E-state index contributed by atoms with van der Waals surface area (Å²) in [6.07, 6.45) is 0.